The predicted octanol–water partition coefficient (Wildman–Crippen LogP) is 4.25. The number of aromatic nitrogens is 2. The van der Waals surface area contributed by atoms with Gasteiger partial charge in [-0.05, 0) is 49.4 Å². The van der Waals surface area contributed by atoms with Gasteiger partial charge in [0.2, 0.25) is 5.89 Å². The molecule has 6 heteroatoms. The zero-order valence-electron chi connectivity index (χ0n) is 14.4. The van der Waals surface area contributed by atoms with E-state index in [-0.39, 0.29) is 11.9 Å². The summed E-state index contributed by atoms with van der Waals surface area (Å²) in [6.07, 6.45) is 2.51. The maximum atomic E-state index is 12.3. The summed E-state index contributed by atoms with van der Waals surface area (Å²) < 4.78 is 5.56. The van der Waals surface area contributed by atoms with Crippen LogP contribution in [0.5, 0.6) is 0 Å². The third-order valence-corrected chi connectivity index (χ3v) is 4.58. The van der Waals surface area contributed by atoms with E-state index in [4.69, 9.17) is 4.42 Å². The van der Waals surface area contributed by atoms with Crippen LogP contribution in [0.15, 0.2) is 51.8 Å². The van der Waals surface area contributed by atoms with Crippen LogP contribution in [0.25, 0.3) is 0 Å². The molecule has 0 unspecified atom stereocenters. The summed E-state index contributed by atoms with van der Waals surface area (Å²) in [7, 11) is 0. The Morgan fingerprint density at radius 1 is 1.16 bits per heavy atom. The molecule has 0 aliphatic rings. The summed E-state index contributed by atoms with van der Waals surface area (Å²) >= 11 is 1.58. The average molecular weight is 353 g/mol. The Morgan fingerprint density at radius 3 is 2.76 bits per heavy atom. The maximum absolute atomic E-state index is 12.3. The average Bonchev–Trinajstić information content (AvgIpc) is 3.04. The van der Waals surface area contributed by atoms with Crippen molar-refractivity contribution in [1.82, 2.24) is 10.2 Å². The van der Waals surface area contributed by atoms with E-state index in [1.54, 1.807) is 17.8 Å². The SMILES string of the molecule is CSc1cccc(C(=O)Nc2nnc(Cc3ccc(C)cc3C)o2)c1. The lowest BCUT2D eigenvalue weighted by Gasteiger charge is -2.04. The Kier molecular flexibility index (Phi) is 5.19. The highest BCUT2D eigenvalue weighted by molar-refractivity contribution is 7.98. The van der Waals surface area contributed by atoms with Gasteiger partial charge in [0.25, 0.3) is 5.91 Å². The van der Waals surface area contributed by atoms with Gasteiger partial charge >= 0.3 is 6.01 Å². The lowest BCUT2D eigenvalue weighted by Crippen LogP contribution is -2.12. The molecule has 1 aromatic heterocycles. The van der Waals surface area contributed by atoms with Crippen molar-refractivity contribution in [3.05, 3.63) is 70.6 Å². The van der Waals surface area contributed by atoms with Crippen molar-refractivity contribution in [2.24, 2.45) is 0 Å². The lowest BCUT2D eigenvalue weighted by molar-refractivity contribution is 0.102. The largest absolute Gasteiger partial charge is 0.407 e. The predicted molar refractivity (Wildman–Crippen MR) is 99.2 cm³/mol. The number of carbonyl (C=O) groups excluding carboxylic acids is 1. The van der Waals surface area contributed by atoms with E-state index >= 15 is 0 Å². The number of benzene rings is 2. The van der Waals surface area contributed by atoms with Crippen molar-refractivity contribution in [2.45, 2.75) is 25.2 Å². The quantitative estimate of drug-likeness (QED) is 0.695. The van der Waals surface area contributed by atoms with Crippen molar-refractivity contribution < 1.29 is 9.21 Å². The van der Waals surface area contributed by atoms with Gasteiger partial charge in [-0.3, -0.25) is 10.1 Å². The second kappa shape index (κ2) is 7.53. The Labute approximate surface area is 150 Å². The minimum atomic E-state index is -0.266. The van der Waals surface area contributed by atoms with Crippen molar-refractivity contribution in [1.29, 1.82) is 0 Å². The molecule has 0 fully saturated rings. The van der Waals surface area contributed by atoms with Gasteiger partial charge in [-0.2, -0.15) is 0 Å². The van der Waals surface area contributed by atoms with Crippen LogP contribution in [-0.4, -0.2) is 22.4 Å². The molecule has 0 atom stereocenters. The fraction of sp³-hybridized carbons (Fsp3) is 0.211. The summed E-state index contributed by atoms with van der Waals surface area (Å²) in [6, 6.07) is 13.7. The molecule has 0 bridgehead atoms. The van der Waals surface area contributed by atoms with Crippen molar-refractivity contribution in [2.75, 3.05) is 11.6 Å². The van der Waals surface area contributed by atoms with Gasteiger partial charge in [0.1, 0.15) is 0 Å². The normalized spacial score (nSPS) is 10.7. The van der Waals surface area contributed by atoms with Crippen LogP contribution in [0.2, 0.25) is 0 Å². The minimum Gasteiger partial charge on any atom is -0.407 e. The van der Waals surface area contributed by atoms with E-state index < -0.39 is 0 Å². The standard InChI is InChI=1S/C19H19N3O2S/c1-12-7-8-14(13(2)9-12)11-17-21-22-19(24-17)20-18(23)15-5-4-6-16(10-15)25-3/h4-10H,11H2,1-3H3,(H,20,22,23). The zero-order valence-corrected chi connectivity index (χ0v) is 15.2. The highest BCUT2D eigenvalue weighted by Crippen LogP contribution is 2.18. The number of hydrogen-bond acceptors (Lipinski definition) is 5. The molecule has 0 spiro atoms. The van der Waals surface area contributed by atoms with Crippen LogP contribution in [0, 0.1) is 13.8 Å². The van der Waals surface area contributed by atoms with Gasteiger partial charge < -0.3 is 4.42 Å². The highest BCUT2D eigenvalue weighted by Gasteiger charge is 2.13. The maximum Gasteiger partial charge on any atom is 0.322 e. The van der Waals surface area contributed by atoms with Gasteiger partial charge in [0.05, 0.1) is 6.42 Å². The van der Waals surface area contributed by atoms with E-state index in [0.29, 0.717) is 17.9 Å². The first-order valence-corrected chi connectivity index (χ1v) is 9.11. The third-order valence-electron chi connectivity index (χ3n) is 3.86. The minimum absolute atomic E-state index is 0.110. The first kappa shape index (κ1) is 17.2. The number of rotatable bonds is 5. The van der Waals surface area contributed by atoms with Crippen LogP contribution in [-0.2, 0) is 6.42 Å². The van der Waals surface area contributed by atoms with Crippen molar-refractivity contribution in [3.8, 4) is 0 Å². The second-order valence-electron chi connectivity index (χ2n) is 5.79. The van der Waals surface area contributed by atoms with E-state index in [2.05, 4.69) is 47.6 Å². The molecule has 1 N–H and O–H groups in total. The monoisotopic (exact) mass is 353 g/mol. The van der Waals surface area contributed by atoms with Crippen molar-refractivity contribution in [3.63, 3.8) is 0 Å². The summed E-state index contributed by atoms with van der Waals surface area (Å²) in [6.45, 7) is 4.11. The van der Waals surface area contributed by atoms with Crippen LogP contribution in [0.1, 0.15) is 32.9 Å². The molecule has 0 saturated heterocycles. The number of aryl methyl sites for hydroxylation is 2. The number of nitrogens with zero attached hydrogens (tertiary/aromatic N) is 2. The van der Waals surface area contributed by atoms with Gasteiger partial charge in [-0.1, -0.05) is 34.9 Å². The zero-order chi connectivity index (χ0) is 17.8. The fourth-order valence-electron chi connectivity index (χ4n) is 2.52. The summed E-state index contributed by atoms with van der Waals surface area (Å²) in [5, 5.41) is 10.6. The Bertz CT molecular complexity index is 905. The Balaban J connectivity index is 1.69. The van der Waals surface area contributed by atoms with Gasteiger partial charge in [-0.25, -0.2) is 0 Å². The van der Waals surface area contributed by atoms with E-state index in [9.17, 15) is 4.79 Å². The molecule has 2 aromatic carbocycles. The van der Waals surface area contributed by atoms with Gasteiger partial charge in [0.15, 0.2) is 0 Å². The number of anilines is 1. The van der Waals surface area contributed by atoms with E-state index in [1.165, 1.54) is 11.1 Å². The Morgan fingerprint density at radius 2 is 2.00 bits per heavy atom. The molecule has 5 nitrogen and oxygen atoms in total. The molecule has 128 valence electrons. The Hall–Kier alpha value is -2.60. The number of carbonyl (C=O) groups is 1. The number of thioether (sulfide) groups is 1. The molecular weight excluding hydrogens is 334 g/mol. The highest BCUT2D eigenvalue weighted by atomic mass is 32.2. The van der Waals surface area contributed by atoms with Crippen LogP contribution in [0.4, 0.5) is 6.01 Å². The van der Waals surface area contributed by atoms with E-state index in [1.807, 2.05) is 24.5 Å². The van der Waals surface area contributed by atoms with Gasteiger partial charge in [0, 0.05) is 10.5 Å². The number of hydrogen-bond donors (Lipinski definition) is 1. The molecule has 0 aliphatic carbocycles. The molecule has 0 saturated carbocycles. The summed E-state index contributed by atoms with van der Waals surface area (Å²) in [5.41, 5.74) is 4.07. The molecule has 25 heavy (non-hydrogen) atoms. The third kappa shape index (κ3) is 4.28. The lowest BCUT2D eigenvalue weighted by atomic mass is 10.0. The number of amides is 1. The molecule has 1 heterocycles. The molecule has 3 aromatic rings. The summed E-state index contributed by atoms with van der Waals surface area (Å²) in [5.74, 6) is 0.206. The molecule has 0 aliphatic heterocycles. The van der Waals surface area contributed by atoms with Crippen LogP contribution in [0.3, 0.4) is 0 Å². The molecule has 1 amide bonds. The van der Waals surface area contributed by atoms with E-state index in [0.717, 1.165) is 10.5 Å². The van der Waals surface area contributed by atoms with Crippen molar-refractivity contribution >= 4 is 23.7 Å². The van der Waals surface area contributed by atoms with Crippen LogP contribution < -0.4 is 5.32 Å². The first-order chi connectivity index (χ1) is 12.0. The molecule has 0 radical (unpaired) electrons. The van der Waals surface area contributed by atoms with Crippen LogP contribution >= 0.6 is 11.8 Å². The molecule has 3 rings (SSSR count). The first-order valence-electron chi connectivity index (χ1n) is 7.89. The number of nitrogens with one attached hydrogen (secondary N) is 1. The fourth-order valence-corrected chi connectivity index (χ4v) is 2.98. The van der Waals surface area contributed by atoms with Gasteiger partial charge in [-0.15, -0.1) is 16.9 Å². The summed E-state index contributed by atoms with van der Waals surface area (Å²) in [4.78, 5) is 13.3. The molecular formula is C19H19N3O2S. The topological polar surface area (TPSA) is 68.0 Å². The second-order valence-corrected chi connectivity index (χ2v) is 6.67. The smallest absolute Gasteiger partial charge is 0.322 e.